The molecule has 12 nitrogen and oxygen atoms in total. The third-order valence-corrected chi connectivity index (χ3v) is 12.3. The third-order valence-electron chi connectivity index (χ3n) is 12.3. The van der Waals surface area contributed by atoms with Crippen molar-refractivity contribution < 1.29 is 29.4 Å². The number of rotatable bonds is 15. The molecule has 0 aromatic heterocycles. The second-order valence-corrected chi connectivity index (χ2v) is 15.7. The average Bonchev–Trinajstić information content (AvgIpc) is 3.24. The summed E-state index contributed by atoms with van der Waals surface area (Å²) in [5.74, 6) is -0.366. The van der Waals surface area contributed by atoms with E-state index in [1.54, 1.807) is 0 Å². The van der Waals surface area contributed by atoms with Crippen LogP contribution in [0.1, 0.15) is 80.0 Å². The number of benzene rings is 4. The van der Waals surface area contributed by atoms with E-state index in [0.717, 1.165) is 84.8 Å². The molecule has 16 heteroatoms. The molecule has 4 amide bonds. The topological polar surface area (TPSA) is 146 Å². The van der Waals surface area contributed by atoms with Crippen LogP contribution < -0.4 is 20.4 Å². The molecule has 0 spiro atoms. The van der Waals surface area contributed by atoms with Crippen LogP contribution in [0.15, 0.2) is 60.7 Å². The van der Waals surface area contributed by atoms with Gasteiger partial charge in [-0.1, -0.05) is 24.3 Å². The minimum Gasteiger partial charge on any atom is -0.396 e. The van der Waals surface area contributed by atoms with Crippen LogP contribution in [0, 0.1) is 11.8 Å². The minimum absolute atomic E-state index is 0. The normalized spacial score (nSPS) is 16.8. The largest absolute Gasteiger partial charge is 0.396 e. The number of amides is 4. The summed E-state index contributed by atoms with van der Waals surface area (Å²) in [6.07, 6.45) is 4.92. The van der Waals surface area contributed by atoms with Crippen LogP contribution in [0.2, 0.25) is 0 Å². The number of halogens is 4. The van der Waals surface area contributed by atoms with Crippen molar-refractivity contribution in [2.75, 3.05) is 88.5 Å². The van der Waals surface area contributed by atoms with E-state index >= 15 is 0 Å². The van der Waals surface area contributed by atoms with Crippen LogP contribution in [0.4, 0.5) is 11.4 Å². The fourth-order valence-corrected chi connectivity index (χ4v) is 9.08. The highest BCUT2D eigenvalue weighted by molar-refractivity contribution is 6.28. The van der Waals surface area contributed by atoms with Crippen LogP contribution in [0.3, 0.4) is 0 Å². The lowest BCUT2D eigenvalue weighted by Crippen LogP contribution is -2.42. The van der Waals surface area contributed by atoms with Crippen molar-refractivity contribution in [2.24, 2.45) is 11.8 Å². The molecule has 4 aromatic rings. The monoisotopic (exact) mass is 904 g/mol. The summed E-state index contributed by atoms with van der Waals surface area (Å²) in [6, 6.07) is 19.2. The fourth-order valence-electron chi connectivity index (χ4n) is 9.08. The van der Waals surface area contributed by atoms with Gasteiger partial charge in [0.1, 0.15) is 0 Å². The van der Waals surface area contributed by atoms with Gasteiger partial charge in [-0.2, -0.15) is 0 Å². The van der Waals surface area contributed by atoms with Gasteiger partial charge in [-0.3, -0.25) is 29.0 Å². The lowest BCUT2D eigenvalue weighted by Gasteiger charge is -2.35. The van der Waals surface area contributed by atoms with Gasteiger partial charge in [-0.05, 0) is 99.8 Å². The first-order chi connectivity index (χ1) is 27.4. The standard InChI is InChI=1S/C44H52N6O6.4ClH/c51-27-29-13-23-47(24-14-29)37-11-9-35-39-31(37)5-1-7-33(39)41(53)49(43(35)55)21-3-17-45-19-20-46-18-4-22-50-42(54)34-8-2-6-32-38(12-10-36(40(32)34)44(50)56)48-25-15-30(28-52)16-26-48;;;;/h1-2,5-12,29-30,45-46,51-52H,3-4,13-28H2;4*1H. The lowest BCUT2D eigenvalue weighted by atomic mass is 9.91. The molecule has 60 heavy (non-hydrogen) atoms. The maximum absolute atomic E-state index is 13.6. The number of aliphatic hydroxyl groups excluding tert-OH is 2. The first-order valence-electron chi connectivity index (χ1n) is 20.4. The maximum Gasteiger partial charge on any atom is 0.261 e. The Morgan fingerprint density at radius 3 is 1.18 bits per heavy atom. The molecule has 8 rings (SSSR count). The third kappa shape index (κ3) is 9.51. The number of piperidine rings is 2. The summed E-state index contributed by atoms with van der Waals surface area (Å²) in [5, 5.41) is 29.2. The Morgan fingerprint density at radius 1 is 0.483 bits per heavy atom. The Balaban J connectivity index is 0.00000198. The molecular weight excluding hydrogens is 850 g/mol. The van der Waals surface area contributed by atoms with Gasteiger partial charge < -0.3 is 30.6 Å². The van der Waals surface area contributed by atoms with E-state index in [0.29, 0.717) is 86.2 Å². The average molecular weight is 907 g/mol. The van der Waals surface area contributed by atoms with Crippen LogP contribution in [-0.4, -0.2) is 122 Å². The Labute approximate surface area is 376 Å². The first-order valence-corrected chi connectivity index (χ1v) is 20.4. The molecule has 4 aliphatic rings. The molecule has 4 aliphatic heterocycles. The number of nitrogens with zero attached hydrogens (tertiary/aromatic N) is 4. The molecule has 0 saturated carbocycles. The number of nitrogens with one attached hydrogen (secondary N) is 2. The van der Waals surface area contributed by atoms with Gasteiger partial charge in [0.05, 0.1) is 0 Å². The highest BCUT2D eigenvalue weighted by atomic mass is 35.5. The first kappa shape index (κ1) is 48.9. The van der Waals surface area contributed by atoms with Crippen molar-refractivity contribution in [3.05, 3.63) is 82.9 Å². The van der Waals surface area contributed by atoms with E-state index in [9.17, 15) is 29.4 Å². The summed E-state index contributed by atoms with van der Waals surface area (Å²) in [5.41, 5.74) is 4.33. The second kappa shape index (κ2) is 21.9. The van der Waals surface area contributed by atoms with Crippen molar-refractivity contribution in [3.63, 3.8) is 0 Å². The van der Waals surface area contributed by atoms with E-state index in [1.165, 1.54) is 9.80 Å². The van der Waals surface area contributed by atoms with Gasteiger partial charge in [0.2, 0.25) is 0 Å². The van der Waals surface area contributed by atoms with Crippen LogP contribution in [-0.2, 0) is 0 Å². The number of anilines is 2. The van der Waals surface area contributed by atoms with Crippen molar-refractivity contribution >= 4 is 106 Å². The predicted molar refractivity (Wildman–Crippen MR) is 247 cm³/mol. The summed E-state index contributed by atoms with van der Waals surface area (Å²) in [7, 11) is 0. The van der Waals surface area contributed by atoms with Crippen molar-refractivity contribution in [2.45, 2.75) is 38.5 Å². The maximum atomic E-state index is 13.6. The Hall–Kier alpha value is -3.72. The van der Waals surface area contributed by atoms with Gasteiger partial charge in [0, 0.05) is 121 Å². The summed E-state index contributed by atoms with van der Waals surface area (Å²) in [4.78, 5) is 61.7. The molecular formula is C44H56Cl4N6O6. The number of aliphatic hydroxyl groups is 2. The van der Waals surface area contributed by atoms with Gasteiger partial charge in [0.15, 0.2) is 0 Å². The molecule has 2 saturated heterocycles. The molecule has 4 aromatic carbocycles. The van der Waals surface area contributed by atoms with E-state index in [-0.39, 0.29) is 86.5 Å². The fraction of sp³-hybridized carbons (Fsp3) is 0.455. The van der Waals surface area contributed by atoms with E-state index in [4.69, 9.17) is 0 Å². The highest BCUT2D eigenvalue weighted by Crippen LogP contribution is 2.39. The van der Waals surface area contributed by atoms with Crippen molar-refractivity contribution in [1.82, 2.24) is 20.4 Å². The second-order valence-electron chi connectivity index (χ2n) is 15.7. The van der Waals surface area contributed by atoms with Crippen LogP contribution in [0.25, 0.3) is 21.5 Å². The molecule has 0 atom stereocenters. The molecule has 0 aliphatic carbocycles. The summed E-state index contributed by atoms with van der Waals surface area (Å²) in [6.45, 7) is 7.08. The van der Waals surface area contributed by atoms with Crippen molar-refractivity contribution in [1.29, 1.82) is 0 Å². The van der Waals surface area contributed by atoms with Crippen LogP contribution >= 0.6 is 49.6 Å². The van der Waals surface area contributed by atoms with Crippen LogP contribution in [0.5, 0.6) is 0 Å². The van der Waals surface area contributed by atoms with E-state index in [2.05, 4.69) is 20.4 Å². The molecule has 326 valence electrons. The zero-order valence-electron chi connectivity index (χ0n) is 33.6. The zero-order valence-corrected chi connectivity index (χ0v) is 36.9. The minimum atomic E-state index is -0.253. The Morgan fingerprint density at radius 2 is 0.833 bits per heavy atom. The quantitative estimate of drug-likeness (QED) is 0.0835. The Kier molecular flexibility index (Phi) is 17.8. The number of hydrogen-bond donors (Lipinski definition) is 4. The summed E-state index contributed by atoms with van der Waals surface area (Å²) >= 11 is 0. The van der Waals surface area contributed by atoms with Gasteiger partial charge >= 0.3 is 0 Å². The molecule has 0 radical (unpaired) electrons. The highest BCUT2D eigenvalue weighted by Gasteiger charge is 2.35. The lowest BCUT2D eigenvalue weighted by molar-refractivity contribution is 0.0593. The smallest absolute Gasteiger partial charge is 0.261 e. The Bertz CT molecular complexity index is 1970. The molecule has 2 fully saturated rings. The van der Waals surface area contributed by atoms with E-state index in [1.807, 2.05) is 60.7 Å². The predicted octanol–water partition coefficient (Wildman–Crippen LogP) is 5.95. The molecule has 0 unspecified atom stereocenters. The molecule has 0 bridgehead atoms. The number of carbonyl (C=O) groups excluding carboxylic acids is 4. The number of carbonyl (C=O) groups is 4. The van der Waals surface area contributed by atoms with Gasteiger partial charge in [0.25, 0.3) is 23.6 Å². The zero-order chi connectivity index (χ0) is 38.8. The number of imide groups is 2. The van der Waals surface area contributed by atoms with Gasteiger partial charge in [-0.25, -0.2) is 0 Å². The number of hydrogen-bond acceptors (Lipinski definition) is 10. The molecule has 4 N–H and O–H groups in total. The summed E-state index contributed by atoms with van der Waals surface area (Å²) < 4.78 is 0. The SMILES string of the molecule is Cl.Cl.Cl.Cl.O=C1c2cccc3c(N4CCC(CO)CC4)ccc(c23)C(=O)N1CCCNCCNCCCN1C(=O)c2cccc3c(N4CCC(CO)CC4)ccc(c23)C1=O. The van der Waals surface area contributed by atoms with Crippen molar-refractivity contribution in [3.8, 4) is 0 Å². The molecule has 4 heterocycles. The van der Waals surface area contributed by atoms with Gasteiger partial charge in [-0.15, -0.1) is 49.6 Å². The van der Waals surface area contributed by atoms with E-state index < -0.39 is 0 Å².